The van der Waals surface area contributed by atoms with Crippen molar-refractivity contribution in [3.63, 3.8) is 0 Å². The van der Waals surface area contributed by atoms with Gasteiger partial charge in [0.1, 0.15) is 11.6 Å². The number of rotatable bonds is 4. The van der Waals surface area contributed by atoms with Crippen molar-refractivity contribution in [1.82, 2.24) is 15.3 Å². The summed E-state index contributed by atoms with van der Waals surface area (Å²) in [6, 6.07) is 5.46. The van der Waals surface area contributed by atoms with E-state index in [-0.39, 0.29) is 5.91 Å². The highest BCUT2D eigenvalue weighted by molar-refractivity contribution is 7.12. The lowest BCUT2D eigenvalue weighted by atomic mass is 10.4. The number of nitrogens with one attached hydrogen (secondary N) is 1. The molecule has 94 valence electrons. The largest absolute Gasteiger partial charge is 0.363 e. The third kappa shape index (κ3) is 3.04. The van der Waals surface area contributed by atoms with E-state index < -0.39 is 0 Å². The summed E-state index contributed by atoms with van der Waals surface area (Å²) in [5, 5.41) is 4.67. The van der Waals surface area contributed by atoms with Gasteiger partial charge < -0.3 is 10.2 Å². The van der Waals surface area contributed by atoms with Crippen molar-refractivity contribution in [1.29, 1.82) is 0 Å². The Kier molecular flexibility index (Phi) is 3.88. The first kappa shape index (κ1) is 12.5. The third-order valence-corrected chi connectivity index (χ3v) is 3.17. The normalized spacial score (nSPS) is 10.1. The number of aromatic nitrogens is 2. The SMILES string of the molecule is CN(C)c1ccnc(CNC(=O)c2cccs2)n1. The second kappa shape index (κ2) is 5.59. The first-order valence-corrected chi connectivity index (χ1v) is 6.36. The number of carbonyl (C=O) groups is 1. The number of anilines is 1. The lowest BCUT2D eigenvalue weighted by Crippen LogP contribution is -2.23. The Hall–Kier alpha value is -1.95. The molecule has 1 N–H and O–H groups in total. The Bertz CT molecular complexity index is 525. The Morgan fingerprint density at radius 3 is 2.94 bits per heavy atom. The second-order valence-electron chi connectivity index (χ2n) is 3.89. The van der Waals surface area contributed by atoms with Gasteiger partial charge >= 0.3 is 0 Å². The number of carbonyl (C=O) groups excluding carboxylic acids is 1. The fourth-order valence-corrected chi connectivity index (χ4v) is 2.02. The lowest BCUT2D eigenvalue weighted by Gasteiger charge is -2.11. The smallest absolute Gasteiger partial charge is 0.261 e. The predicted octanol–water partition coefficient (Wildman–Crippen LogP) is 1.53. The van der Waals surface area contributed by atoms with Gasteiger partial charge in [-0.25, -0.2) is 9.97 Å². The van der Waals surface area contributed by atoms with Crippen molar-refractivity contribution in [3.05, 3.63) is 40.5 Å². The first-order valence-electron chi connectivity index (χ1n) is 5.48. The fourth-order valence-electron chi connectivity index (χ4n) is 1.38. The number of thiophene rings is 1. The van der Waals surface area contributed by atoms with Crippen LogP contribution in [0.25, 0.3) is 0 Å². The second-order valence-corrected chi connectivity index (χ2v) is 4.83. The average molecular weight is 262 g/mol. The molecule has 0 aromatic carbocycles. The van der Waals surface area contributed by atoms with Crippen molar-refractivity contribution < 1.29 is 4.79 Å². The Morgan fingerprint density at radius 1 is 1.44 bits per heavy atom. The van der Waals surface area contributed by atoms with Gasteiger partial charge in [0.15, 0.2) is 0 Å². The summed E-state index contributed by atoms with van der Waals surface area (Å²) in [5.41, 5.74) is 0. The first-order chi connectivity index (χ1) is 8.66. The van der Waals surface area contributed by atoms with E-state index in [0.29, 0.717) is 17.2 Å². The Labute approximate surface area is 109 Å². The summed E-state index contributed by atoms with van der Waals surface area (Å²) in [7, 11) is 3.83. The predicted molar refractivity (Wildman–Crippen MR) is 71.8 cm³/mol. The molecule has 0 aliphatic rings. The van der Waals surface area contributed by atoms with Crippen LogP contribution in [0.1, 0.15) is 15.5 Å². The van der Waals surface area contributed by atoms with E-state index in [1.807, 2.05) is 36.5 Å². The third-order valence-electron chi connectivity index (χ3n) is 2.30. The molecule has 5 nitrogen and oxygen atoms in total. The molecule has 1 amide bonds. The van der Waals surface area contributed by atoms with Gasteiger partial charge in [-0.15, -0.1) is 11.3 Å². The molecule has 2 rings (SSSR count). The van der Waals surface area contributed by atoms with Crippen LogP contribution in [-0.2, 0) is 6.54 Å². The van der Waals surface area contributed by atoms with Gasteiger partial charge in [0.05, 0.1) is 11.4 Å². The van der Waals surface area contributed by atoms with Crippen LogP contribution < -0.4 is 10.2 Å². The molecular weight excluding hydrogens is 248 g/mol. The van der Waals surface area contributed by atoms with Gasteiger partial charge in [0.2, 0.25) is 0 Å². The highest BCUT2D eigenvalue weighted by Gasteiger charge is 2.07. The molecule has 0 aliphatic heterocycles. The zero-order chi connectivity index (χ0) is 13.0. The van der Waals surface area contributed by atoms with Gasteiger partial charge in [0, 0.05) is 20.3 Å². The molecule has 0 aliphatic carbocycles. The molecule has 0 radical (unpaired) electrons. The molecule has 0 atom stereocenters. The van der Waals surface area contributed by atoms with Crippen molar-refractivity contribution in [2.75, 3.05) is 19.0 Å². The molecule has 0 fully saturated rings. The Balaban J connectivity index is 1.98. The molecule has 2 aromatic heterocycles. The van der Waals surface area contributed by atoms with Gasteiger partial charge in [-0.1, -0.05) is 6.07 Å². The van der Waals surface area contributed by atoms with Crippen LogP contribution in [0.5, 0.6) is 0 Å². The number of amides is 1. The highest BCUT2D eigenvalue weighted by Crippen LogP contribution is 2.08. The summed E-state index contributed by atoms with van der Waals surface area (Å²) in [5.74, 6) is 1.33. The van der Waals surface area contributed by atoms with Gasteiger partial charge in [-0.2, -0.15) is 0 Å². The molecule has 0 saturated heterocycles. The van der Waals surface area contributed by atoms with E-state index in [1.54, 1.807) is 12.3 Å². The van der Waals surface area contributed by atoms with Crippen molar-refractivity contribution >= 4 is 23.1 Å². The van der Waals surface area contributed by atoms with E-state index in [4.69, 9.17) is 0 Å². The zero-order valence-corrected chi connectivity index (χ0v) is 11.1. The molecule has 2 aromatic rings. The van der Waals surface area contributed by atoms with Crippen molar-refractivity contribution in [3.8, 4) is 0 Å². The minimum absolute atomic E-state index is 0.0937. The average Bonchev–Trinajstić information content (AvgIpc) is 2.90. The number of hydrogen-bond donors (Lipinski definition) is 1. The van der Waals surface area contributed by atoms with Crippen LogP contribution >= 0.6 is 11.3 Å². The molecule has 0 spiro atoms. The molecule has 6 heteroatoms. The maximum atomic E-state index is 11.7. The van der Waals surface area contributed by atoms with Crippen LogP contribution in [0.15, 0.2) is 29.8 Å². The van der Waals surface area contributed by atoms with Crippen LogP contribution in [-0.4, -0.2) is 30.0 Å². The topological polar surface area (TPSA) is 58.1 Å². The van der Waals surface area contributed by atoms with Crippen LogP contribution in [0.2, 0.25) is 0 Å². The lowest BCUT2D eigenvalue weighted by molar-refractivity contribution is 0.0954. The summed E-state index contributed by atoms with van der Waals surface area (Å²) < 4.78 is 0. The minimum atomic E-state index is -0.0937. The van der Waals surface area contributed by atoms with Gasteiger partial charge in [-0.3, -0.25) is 4.79 Å². The van der Waals surface area contributed by atoms with Crippen LogP contribution in [0, 0.1) is 0 Å². The molecule has 0 saturated carbocycles. The zero-order valence-electron chi connectivity index (χ0n) is 10.3. The number of hydrogen-bond acceptors (Lipinski definition) is 5. The maximum absolute atomic E-state index is 11.7. The highest BCUT2D eigenvalue weighted by atomic mass is 32.1. The Morgan fingerprint density at radius 2 is 2.28 bits per heavy atom. The van der Waals surface area contributed by atoms with Crippen molar-refractivity contribution in [2.45, 2.75) is 6.54 Å². The fraction of sp³-hybridized carbons (Fsp3) is 0.250. The molecular formula is C12H14N4OS. The van der Waals surface area contributed by atoms with E-state index in [0.717, 1.165) is 5.82 Å². The minimum Gasteiger partial charge on any atom is -0.363 e. The summed E-state index contributed by atoms with van der Waals surface area (Å²) in [6.07, 6.45) is 1.69. The van der Waals surface area contributed by atoms with Crippen LogP contribution in [0.3, 0.4) is 0 Å². The number of nitrogens with zero attached hydrogens (tertiary/aromatic N) is 3. The molecule has 0 unspecified atom stereocenters. The summed E-state index contributed by atoms with van der Waals surface area (Å²) in [4.78, 5) is 22.8. The van der Waals surface area contributed by atoms with Crippen LogP contribution in [0.4, 0.5) is 5.82 Å². The summed E-state index contributed by atoms with van der Waals surface area (Å²) in [6.45, 7) is 0.332. The van der Waals surface area contributed by atoms with E-state index in [9.17, 15) is 4.79 Å². The van der Waals surface area contributed by atoms with Gasteiger partial charge in [-0.05, 0) is 17.5 Å². The molecule has 2 heterocycles. The standard InChI is InChI=1S/C12H14N4OS/c1-16(2)11-5-6-13-10(15-11)8-14-12(17)9-4-3-7-18-9/h3-7H,8H2,1-2H3,(H,14,17). The van der Waals surface area contributed by atoms with Gasteiger partial charge in [0.25, 0.3) is 5.91 Å². The molecule has 0 bridgehead atoms. The maximum Gasteiger partial charge on any atom is 0.261 e. The molecule has 18 heavy (non-hydrogen) atoms. The quantitative estimate of drug-likeness (QED) is 0.908. The van der Waals surface area contributed by atoms with Crippen molar-refractivity contribution in [2.24, 2.45) is 0 Å². The summed E-state index contributed by atoms with van der Waals surface area (Å²) >= 11 is 1.41. The monoisotopic (exact) mass is 262 g/mol. The van der Waals surface area contributed by atoms with E-state index in [1.165, 1.54) is 11.3 Å². The van der Waals surface area contributed by atoms with E-state index in [2.05, 4.69) is 15.3 Å². The van der Waals surface area contributed by atoms with E-state index >= 15 is 0 Å².